The minimum Gasteiger partial charge on any atom is -0.348 e. The summed E-state index contributed by atoms with van der Waals surface area (Å²) in [7, 11) is 0. The van der Waals surface area contributed by atoms with E-state index in [4.69, 9.17) is 0 Å². The van der Waals surface area contributed by atoms with E-state index >= 15 is 0 Å². The van der Waals surface area contributed by atoms with Gasteiger partial charge < -0.3 is 9.88 Å². The van der Waals surface area contributed by atoms with Gasteiger partial charge in [0.15, 0.2) is 0 Å². The van der Waals surface area contributed by atoms with Crippen molar-refractivity contribution in [2.45, 2.75) is 51.5 Å². The Labute approximate surface area is 126 Å². The Hall–Kier alpha value is -1.36. The predicted molar refractivity (Wildman–Crippen MR) is 82.3 cm³/mol. The van der Waals surface area contributed by atoms with E-state index in [1.807, 2.05) is 11.8 Å². The summed E-state index contributed by atoms with van der Waals surface area (Å²) in [5.74, 6) is 0.0826. The second-order valence-corrected chi connectivity index (χ2v) is 6.35. The molecule has 5 nitrogen and oxygen atoms in total. The molecule has 1 N–H and O–H groups in total. The molecule has 1 saturated carbocycles. The van der Waals surface area contributed by atoms with Crippen LogP contribution in [-0.4, -0.2) is 57.9 Å². The third kappa shape index (κ3) is 3.28. The molecule has 1 amide bonds. The summed E-state index contributed by atoms with van der Waals surface area (Å²) in [5.41, 5.74) is 1.45. The molecule has 1 aromatic heterocycles. The molecule has 21 heavy (non-hydrogen) atoms. The lowest BCUT2D eigenvalue weighted by atomic mass is 9.94. The minimum absolute atomic E-state index is 0.0826. The summed E-state index contributed by atoms with van der Waals surface area (Å²) < 4.78 is 0. The molecular formula is C16H26N4O. The van der Waals surface area contributed by atoms with Gasteiger partial charge in [-0.15, -0.1) is 0 Å². The smallest absolute Gasteiger partial charge is 0.274 e. The van der Waals surface area contributed by atoms with Gasteiger partial charge in [0.25, 0.3) is 5.91 Å². The van der Waals surface area contributed by atoms with Crippen LogP contribution in [0, 0.1) is 6.92 Å². The maximum Gasteiger partial charge on any atom is 0.274 e. The number of rotatable bonds is 2. The van der Waals surface area contributed by atoms with Gasteiger partial charge >= 0.3 is 0 Å². The third-order valence-electron chi connectivity index (χ3n) is 4.94. The quantitative estimate of drug-likeness (QED) is 0.908. The molecule has 5 heteroatoms. The molecule has 3 rings (SSSR count). The van der Waals surface area contributed by atoms with Crippen LogP contribution in [0.15, 0.2) is 6.33 Å². The fourth-order valence-corrected chi connectivity index (χ4v) is 3.68. The number of imidazole rings is 1. The molecule has 116 valence electrons. The highest BCUT2D eigenvalue weighted by atomic mass is 16.2. The number of hydrogen-bond donors (Lipinski definition) is 1. The van der Waals surface area contributed by atoms with E-state index < -0.39 is 0 Å². The molecule has 0 radical (unpaired) electrons. The number of carbonyl (C=O) groups is 1. The number of aromatic nitrogens is 2. The summed E-state index contributed by atoms with van der Waals surface area (Å²) in [6, 6.07) is 0.751. The Kier molecular flexibility index (Phi) is 4.58. The third-order valence-corrected chi connectivity index (χ3v) is 4.94. The Morgan fingerprint density at radius 2 is 1.95 bits per heavy atom. The van der Waals surface area contributed by atoms with Crippen LogP contribution in [0.1, 0.15) is 54.7 Å². The van der Waals surface area contributed by atoms with Crippen LogP contribution in [0.3, 0.4) is 0 Å². The van der Waals surface area contributed by atoms with E-state index in [0.717, 1.165) is 44.3 Å². The van der Waals surface area contributed by atoms with Gasteiger partial charge in [-0.2, -0.15) is 0 Å². The molecule has 1 aliphatic heterocycles. The summed E-state index contributed by atoms with van der Waals surface area (Å²) in [5, 5.41) is 0. The van der Waals surface area contributed by atoms with E-state index in [2.05, 4.69) is 14.9 Å². The minimum atomic E-state index is 0.0826. The summed E-state index contributed by atoms with van der Waals surface area (Å²) in [4.78, 5) is 24.3. The Morgan fingerprint density at radius 3 is 2.67 bits per heavy atom. The van der Waals surface area contributed by atoms with Crippen molar-refractivity contribution in [1.29, 1.82) is 0 Å². The SMILES string of the molecule is Cc1[nH]cnc1C(=O)N1CCCN(C2CCCCC2)CC1. The van der Waals surface area contributed by atoms with E-state index in [0.29, 0.717) is 5.69 Å². The second-order valence-electron chi connectivity index (χ2n) is 6.35. The number of nitrogens with zero attached hydrogens (tertiary/aromatic N) is 3. The molecule has 0 bridgehead atoms. The molecule has 0 unspecified atom stereocenters. The first-order valence-electron chi connectivity index (χ1n) is 8.29. The van der Waals surface area contributed by atoms with E-state index in [9.17, 15) is 4.79 Å². The van der Waals surface area contributed by atoms with Crippen molar-refractivity contribution in [3.8, 4) is 0 Å². The number of aromatic amines is 1. The van der Waals surface area contributed by atoms with Crippen molar-refractivity contribution in [2.24, 2.45) is 0 Å². The monoisotopic (exact) mass is 290 g/mol. The highest BCUT2D eigenvalue weighted by Crippen LogP contribution is 2.23. The van der Waals surface area contributed by atoms with Crippen molar-refractivity contribution in [1.82, 2.24) is 19.8 Å². The lowest BCUT2D eigenvalue weighted by Gasteiger charge is -2.33. The van der Waals surface area contributed by atoms with E-state index in [1.165, 1.54) is 32.1 Å². The van der Waals surface area contributed by atoms with Crippen molar-refractivity contribution in [3.05, 3.63) is 17.7 Å². The van der Waals surface area contributed by atoms with Crippen molar-refractivity contribution in [2.75, 3.05) is 26.2 Å². The molecular weight excluding hydrogens is 264 g/mol. The van der Waals surface area contributed by atoms with Gasteiger partial charge in [0.1, 0.15) is 5.69 Å². The molecule has 2 aliphatic rings. The maximum atomic E-state index is 12.5. The number of aryl methyl sites for hydroxylation is 1. The van der Waals surface area contributed by atoms with Crippen LogP contribution >= 0.6 is 0 Å². The number of nitrogens with one attached hydrogen (secondary N) is 1. The molecule has 0 spiro atoms. The van der Waals surface area contributed by atoms with E-state index in [-0.39, 0.29) is 5.91 Å². The van der Waals surface area contributed by atoms with Crippen LogP contribution in [0.4, 0.5) is 0 Å². The normalized spacial score (nSPS) is 22.2. The number of amides is 1. The molecule has 0 aromatic carbocycles. The van der Waals surface area contributed by atoms with Crippen LogP contribution in [0.2, 0.25) is 0 Å². The molecule has 0 atom stereocenters. The maximum absolute atomic E-state index is 12.5. The predicted octanol–water partition coefficient (Wildman–Crippen LogP) is 2.20. The second kappa shape index (κ2) is 6.60. The molecule has 1 saturated heterocycles. The molecule has 2 heterocycles. The van der Waals surface area contributed by atoms with Crippen LogP contribution in [-0.2, 0) is 0 Å². The standard InChI is InChI=1S/C16H26N4O/c1-13-15(18-12-17-13)16(21)20-9-5-8-19(10-11-20)14-6-3-2-4-7-14/h12,14H,2-11H2,1H3,(H,17,18). The molecule has 1 aliphatic carbocycles. The highest BCUT2D eigenvalue weighted by molar-refractivity contribution is 5.93. The summed E-state index contributed by atoms with van der Waals surface area (Å²) in [6.07, 6.45) is 9.50. The topological polar surface area (TPSA) is 52.2 Å². The first-order chi connectivity index (χ1) is 10.3. The van der Waals surface area contributed by atoms with Crippen LogP contribution < -0.4 is 0 Å². The lowest BCUT2D eigenvalue weighted by Crippen LogP contribution is -2.40. The Bertz CT molecular complexity index is 478. The lowest BCUT2D eigenvalue weighted by molar-refractivity contribution is 0.0749. The average molecular weight is 290 g/mol. The Balaban J connectivity index is 1.60. The fraction of sp³-hybridized carbons (Fsp3) is 0.750. The van der Waals surface area contributed by atoms with Crippen LogP contribution in [0.5, 0.6) is 0 Å². The highest BCUT2D eigenvalue weighted by Gasteiger charge is 2.26. The van der Waals surface area contributed by atoms with E-state index in [1.54, 1.807) is 6.33 Å². The fourth-order valence-electron chi connectivity index (χ4n) is 3.68. The molecule has 1 aromatic rings. The zero-order chi connectivity index (χ0) is 14.7. The summed E-state index contributed by atoms with van der Waals surface area (Å²) >= 11 is 0. The summed E-state index contributed by atoms with van der Waals surface area (Å²) in [6.45, 7) is 5.75. The van der Waals surface area contributed by atoms with Gasteiger partial charge in [0, 0.05) is 37.9 Å². The molecule has 2 fully saturated rings. The van der Waals surface area contributed by atoms with Gasteiger partial charge in [0.2, 0.25) is 0 Å². The van der Waals surface area contributed by atoms with Crippen molar-refractivity contribution < 1.29 is 4.79 Å². The van der Waals surface area contributed by atoms with Gasteiger partial charge in [0.05, 0.1) is 6.33 Å². The van der Waals surface area contributed by atoms with Gasteiger partial charge in [-0.05, 0) is 26.2 Å². The number of hydrogen-bond acceptors (Lipinski definition) is 3. The van der Waals surface area contributed by atoms with Crippen molar-refractivity contribution in [3.63, 3.8) is 0 Å². The average Bonchev–Trinajstić information content (AvgIpc) is 2.80. The van der Waals surface area contributed by atoms with Crippen molar-refractivity contribution >= 4 is 5.91 Å². The zero-order valence-corrected chi connectivity index (χ0v) is 13.0. The number of H-pyrrole nitrogens is 1. The van der Waals surface area contributed by atoms with Gasteiger partial charge in [-0.25, -0.2) is 4.98 Å². The number of carbonyl (C=O) groups excluding carboxylic acids is 1. The first-order valence-corrected chi connectivity index (χ1v) is 8.29. The van der Waals surface area contributed by atoms with Gasteiger partial charge in [-0.1, -0.05) is 19.3 Å². The Morgan fingerprint density at radius 1 is 1.14 bits per heavy atom. The first kappa shape index (κ1) is 14.6. The largest absolute Gasteiger partial charge is 0.348 e. The van der Waals surface area contributed by atoms with Gasteiger partial charge in [-0.3, -0.25) is 9.69 Å². The van der Waals surface area contributed by atoms with Crippen LogP contribution in [0.25, 0.3) is 0 Å². The zero-order valence-electron chi connectivity index (χ0n) is 13.0.